The fourth-order valence-electron chi connectivity index (χ4n) is 0.410. The van der Waals surface area contributed by atoms with Crippen molar-refractivity contribution in [3.63, 3.8) is 0 Å². The topological polar surface area (TPSA) is 44.1 Å². The van der Waals surface area contributed by atoms with Crippen molar-refractivity contribution >= 4 is 5.91 Å². The largest absolute Gasteiger partial charge is 0.269 e. The zero-order valence-corrected chi connectivity index (χ0v) is 6.61. The molecule has 0 saturated heterocycles. The smallest absolute Gasteiger partial charge is 0.259 e. The van der Waals surface area contributed by atoms with Crippen LogP contribution in [0.4, 0.5) is 0 Å². The maximum atomic E-state index is 10.8. The normalized spacial score (nSPS) is 10.3. The van der Waals surface area contributed by atoms with Crippen LogP contribution in [0, 0.1) is 11.5 Å². The predicted octanol–water partition coefficient (Wildman–Crippen LogP) is 1.06. The summed E-state index contributed by atoms with van der Waals surface area (Å²) in [5.74, 6) is -0.314. The van der Waals surface area contributed by atoms with Gasteiger partial charge in [-0.1, -0.05) is 18.2 Å². The molecular formula is C8H10N2O. The SMILES string of the molecule is C/C=C/C=C/C(=O)N(C)C#N. The second-order valence-electron chi connectivity index (χ2n) is 1.88. The standard InChI is InChI=1S/C8H10N2O/c1-3-4-5-6-8(11)10(2)7-9/h3-6H,1-2H3/b4-3+,6-5+. The maximum Gasteiger partial charge on any atom is 0.259 e. The molecule has 0 aromatic carbocycles. The Morgan fingerprint density at radius 2 is 2.18 bits per heavy atom. The molecule has 0 aliphatic rings. The van der Waals surface area contributed by atoms with Crippen molar-refractivity contribution in [2.45, 2.75) is 6.92 Å². The summed E-state index contributed by atoms with van der Waals surface area (Å²) in [4.78, 5) is 11.8. The van der Waals surface area contributed by atoms with Crippen molar-refractivity contribution in [2.75, 3.05) is 7.05 Å². The van der Waals surface area contributed by atoms with Gasteiger partial charge < -0.3 is 0 Å². The molecule has 0 unspecified atom stereocenters. The van der Waals surface area contributed by atoms with Gasteiger partial charge in [-0.3, -0.25) is 4.79 Å². The highest BCUT2D eigenvalue weighted by molar-refractivity contribution is 5.88. The van der Waals surface area contributed by atoms with Crippen LogP contribution < -0.4 is 0 Å². The minimum atomic E-state index is -0.314. The van der Waals surface area contributed by atoms with Gasteiger partial charge in [0.25, 0.3) is 5.91 Å². The molecule has 11 heavy (non-hydrogen) atoms. The van der Waals surface area contributed by atoms with Crippen LogP contribution in [0.2, 0.25) is 0 Å². The highest BCUT2D eigenvalue weighted by Gasteiger charge is 1.99. The molecule has 0 aliphatic carbocycles. The second-order valence-corrected chi connectivity index (χ2v) is 1.88. The number of carbonyl (C=O) groups is 1. The van der Waals surface area contributed by atoms with Gasteiger partial charge in [0.05, 0.1) is 0 Å². The van der Waals surface area contributed by atoms with Crippen molar-refractivity contribution in [3.8, 4) is 6.19 Å². The Labute approximate surface area is 66.2 Å². The first-order valence-corrected chi connectivity index (χ1v) is 3.19. The van der Waals surface area contributed by atoms with E-state index in [2.05, 4.69) is 0 Å². The van der Waals surface area contributed by atoms with E-state index in [1.807, 2.05) is 6.92 Å². The lowest BCUT2D eigenvalue weighted by molar-refractivity contribution is -0.122. The van der Waals surface area contributed by atoms with Crippen molar-refractivity contribution in [1.82, 2.24) is 4.90 Å². The molecule has 0 aromatic rings. The van der Waals surface area contributed by atoms with E-state index in [9.17, 15) is 4.79 Å². The number of allylic oxidation sites excluding steroid dienone is 3. The lowest BCUT2D eigenvalue weighted by atomic mass is 10.4. The second kappa shape index (κ2) is 5.24. The fraction of sp³-hybridized carbons (Fsp3) is 0.250. The van der Waals surface area contributed by atoms with E-state index in [1.165, 1.54) is 13.1 Å². The average molecular weight is 150 g/mol. The van der Waals surface area contributed by atoms with Gasteiger partial charge in [-0.15, -0.1) is 0 Å². The Kier molecular flexibility index (Phi) is 4.50. The van der Waals surface area contributed by atoms with Gasteiger partial charge in [0.1, 0.15) is 0 Å². The summed E-state index contributed by atoms with van der Waals surface area (Å²) in [6.07, 6.45) is 8.16. The Balaban J connectivity index is 3.99. The van der Waals surface area contributed by atoms with E-state index in [0.717, 1.165) is 4.90 Å². The summed E-state index contributed by atoms with van der Waals surface area (Å²) in [6, 6.07) is 0. The summed E-state index contributed by atoms with van der Waals surface area (Å²) < 4.78 is 0. The fourth-order valence-corrected chi connectivity index (χ4v) is 0.410. The first-order valence-electron chi connectivity index (χ1n) is 3.19. The third-order valence-corrected chi connectivity index (χ3v) is 1.02. The number of hydrogen-bond donors (Lipinski definition) is 0. The van der Waals surface area contributed by atoms with Crippen LogP contribution in [0.15, 0.2) is 24.3 Å². The quantitative estimate of drug-likeness (QED) is 0.255. The van der Waals surface area contributed by atoms with E-state index in [-0.39, 0.29) is 5.91 Å². The number of nitriles is 1. The Hall–Kier alpha value is -1.56. The zero-order valence-electron chi connectivity index (χ0n) is 6.61. The molecule has 0 atom stereocenters. The zero-order chi connectivity index (χ0) is 8.69. The molecule has 3 heteroatoms. The first-order chi connectivity index (χ1) is 5.22. The monoisotopic (exact) mass is 150 g/mol. The van der Waals surface area contributed by atoms with Gasteiger partial charge in [-0.2, -0.15) is 5.26 Å². The van der Waals surface area contributed by atoms with E-state index < -0.39 is 0 Å². The molecule has 0 spiro atoms. The molecule has 0 saturated carbocycles. The van der Waals surface area contributed by atoms with Gasteiger partial charge in [-0.25, -0.2) is 4.90 Å². The lowest BCUT2D eigenvalue weighted by Gasteiger charge is -1.99. The molecule has 0 radical (unpaired) electrons. The molecule has 58 valence electrons. The van der Waals surface area contributed by atoms with E-state index in [4.69, 9.17) is 5.26 Å². The highest BCUT2D eigenvalue weighted by atomic mass is 16.2. The van der Waals surface area contributed by atoms with Crippen LogP contribution in [0.3, 0.4) is 0 Å². The van der Waals surface area contributed by atoms with Crippen molar-refractivity contribution < 1.29 is 4.79 Å². The van der Waals surface area contributed by atoms with Crippen molar-refractivity contribution in [2.24, 2.45) is 0 Å². The molecule has 1 amide bonds. The van der Waals surface area contributed by atoms with Gasteiger partial charge in [0, 0.05) is 13.1 Å². The average Bonchev–Trinajstić information content (AvgIpc) is 2.03. The van der Waals surface area contributed by atoms with Gasteiger partial charge in [-0.05, 0) is 6.92 Å². The number of carbonyl (C=O) groups excluding carboxylic acids is 1. The Morgan fingerprint density at radius 3 is 2.64 bits per heavy atom. The molecule has 0 fully saturated rings. The lowest BCUT2D eigenvalue weighted by Crippen LogP contribution is -2.18. The van der Waals surface area contributed by atoms with Crippen molar-refractivity contribution in [1.29, 1.82) is 5.26 Å². The summed E-state index contributed by atoms with van der Waals surface area (Å²) in [7, 11) is 1.42. The molecule has 0 bridgehead atoms. The molecule has 0 N–H and O–H groups in total. The van der Waals surface area contributed by atoms with Gasteiger partial charge in [0.15, 0.2) is 6.19 Å². The molecule has 0 aliphatic heterocycles. The number of rotatable bonds is 2. The Morgan fingerprint density at radius 1 is 1.55 bits per heavy atom. The Bertz CT molecular complexity index is 223. The van der Waals surface area contributed by atoms with E-state index in [0.29, 0.717) is 0 Å². The molecule has 0 aromatic heterocycles. The minimum absolute atomic E-state index is 0.314. The maximum absolute atomic E-state index is 10.8. The molecule has 3 nitrogen and oxygen atoms in total. The van der Waals surface area contributed by atoms with Gasteiger partial charge >= 0.3 is 0 Å². The summed E-state index contributed by atoms with van der Waals surface area (Å²) in [5.41, 5.74) is 0. The number of nitrogens with zero attached hydrogens (tertiary/aromatic N) is 2. The number of amides is 1. The van der Waals surface area contributed by atoms with E-state index >= 15 is 0 Å². The molecule has 0 heterocycles. The third kappa shape index (κ3) is 3.93. The van der Waals surface area contributed by atoms with Crippen LogP contribution in [0.1, 0.15) is 6.92 Å². The summed E-state index contributed by atoms with van der Waals surface area (Å²) in [6.45, 7) is 1.85. The van der Waals surface area contributed by atoms with Crippen LogP contribution in [0.25, 0.3) is 0 Å². The van der Waals surface area contributed by atoms with Crippen LogP contribution >= 0.6 is 0 Å². The van der Waals surface area contributed by atoms with Gasteiger partial charge in [0.2, 0.25) is 0 Å². The number of hydrogen-bond acceptors (Lipinski definition) is 2. The van der Waals surface area contributed by atoms with Crippen molar-refractivity contribution in [3.05, 3.63) is 24.3 Å². The predicted molar refractivity (Wildman–Crippen MR) is 42.3 cm³/mol. The first kappa shape index (κ1) is 9.44. The summed E-state index contributed by atoms with van der Waals surface area (Å²) in [5, 5.41) is 8.26. The molecular weight excluding hydrogens is 140 g/mol. The number of likely N-dealkylation sites (N-methyl/N-ethyl adjacent to an activating group) is 1. The highest BCUT2D eigenvalue weighted by Crippen LogP contribution is 1.84. The summed E-state index contributed by atoms with van der Waals surface area (Å²) >= 11 is 0. The van der Waals surface area contributed by atoms with Crippen LogP contribution in [-0.4, -0.2) is 17.9 Å². The van der Waals surface area contributed by atoms with Crippen LogP contribution in [-0.2, 0) is 4.79 Å². The van der Waals surface area contributed by atoms with Crippen LogP contribution in [0.5, 0.6) is 0 Å². The third-order valence-electron chi connectivity index (χ3n) is 1.02. The molecule has 0 rings (SSSR count). The minimum Gasteiger partial charge on any atom is -0.269 e. The van der Waals surface area contributed by atoms with E-state index in [1.54, 1.807) is 24.4 Å².